The third-order valence-electron chi connectivity index (χ3n) is 11.7. The molecule has 6 heteroatoms. The molecule has 0 aromatic rings. The number of hydrogen-bond acceptors (Lipinski definition) is 5. The van der Waals surface area contributed by atoms with E-state index in [9.17, 15) is 14.7 Å². The van der Waals surface area contributed by atoms with E-state index in [0.29, 0.717) is 41.4 Å². The third kappa shape index (κ3) is 5.37. The number of nitrogens with one attached hydrogen (secondary N) is 1. The summed E-state index contributed by atoms with van der Waals surface area (Å²) in [5.74, 6) is 4.86. The first-order valence-electron chi connectivity index (χ1n) is 14.7. The van der Waals surface area contributed by atoms with Crippen molar-refractivity contribution in [3.8, 4) is 0 Å². The largest absolute Gasteiger partial charge is 0.467 e. The van der Waals surface area contributed by atoms with Crippen LogP contribution in [0, 0.1) is 46.3 Å². The number of thioether (sulfide) groups is 1. The zero-order valence-corrected chi connectivity index (χ0v) is 24.2. The number of aliphatic hydroxyl groups is 1. The fourth-order valence-electron chi connectivity index (χ4n) is 9.66. The lowest BCUT2D eigenvalue weighted by atomic mass is 9.44. The molecular weight excluding hydrogens is 470 g/mol. The van der Waals surface area contributed by atoms with Gasteiger partial charge in [-0.15, -0.1) is 0 Å². The van der Waals surface area contributed by atoms with Gasteiger partial charge < -0.3 is 15.2 Å². The molecule has 5 nitrogen and oxygen atoms in total. The lowest BCUT2D eigenvalue weighted by Crippen LogP contribution is -2.54. The molecule has 0 saturated heterocycles. The van der Waals surface area contributed by atoms with Crippen LogP contribution in [0.25, 0.3) is 0 Å². The molecule has 0 aliphatic heterocycles. The molecule has 4 rings (SSSR count). The van der Waals surface area contributed by atoms with Crippen molar-refractivity contribution in [2.24, 2.45) is 46.3 Å². The Morgan fingerprint density at radius 1 is 1.03 bits per heavy atom. The first kappa shape index (κ1) is 28.3. The van der Waals surface area contributed by atoms with E-state index >= 15 is 0 Å². The Hall–Kier alpha value is -0.750. The fourth-order valence-corrected chi connectivity index (χ4v) is 10.1. The molecular formula is C30H51NO4S. The van der Waals surface area contributed by atoms with Crippen LogP contribution < -0.4 is 5.32 Å². The predicted octanol–water partition coefficient (Wildman–Crippen LogP) is 5.83. The summed E-state index contributed by atoms with van der Waals surface area (Å²) >= 11 is 1.67. The quantitative estimate of drug-likeness (QED) is 0.373. The normalized spacial score (nSPS) is 41.4. The molecule has 0 aromatic heterocycles. The van der Waals surface area contributed by atoms with Gasteiger partial charge in [-0.25, -0.2) is 4.79 Å². The standard InChI is InChI=1S/C30H51NO4S/c1-19(6-11-27(33)31-26(14-17-36-5)28(34)35-4)23-9-10-24-22-8-7-20-18-21(32)12-15-29(20,2)25(22)13-16-30(23,24)3/h19-26,32H,6-18H2,1-5H3,(H,31,33)/t19-,20-,21-,22+,23-,24+,25+,26-,29+,30-/m1/s1. The van der Waals surface area contributed by atoms with Crippen LogP contribution >= 0.6 is 11.8 Å². The molecule has 4 aliphatic rings. The maximum atomic E-state index is 12.8. The fraction of sp³-hybridized carbons (Fsp3) is 0.933. The van der Waals surface area contributed by atoms with Gasteiger partial charge in [0.1, 0.15) is 6.04 Å². The molecule has 4 aliphatic carbocycles. The zero-order valence-electron chi connectivity index (χ0n) is 23.4. The average Bonchev–Trinajstić information content (AvgIpc) is 3.22. The lowest BCUT2D eigenvalue weighted by Gasteiger charge is -2.61. The summed E-state index contributed by atoms with van der Waals surface area (Å²) in [6, 6.07) is -0.536. The molecule has 0 aromatic carbocycles. The monoisotopic (exact) mass is 521 g/mol. The van der Waals surface area contributed by atoms with E-state index in [4.69, 9.17) is 4.74 Å². The molecule has 0 radical (unpaired) electrons. The van der Waals surface area contributed by atoms with Gasteiger partial charge in [0.15, 0.2) is 0 Å². The number of carbonyl (C=O) groups is 2. The SMILES string of the molecule is COC(=O)[C@@H](CCSC)NC(=O)CC[C@@H](C)[C@H]1CC[C@H]2[C@@H]3CC[C@@H]4C[C@H](O)CC[C@]4(C)[C@H]3CC[C@]12C. The maximum absolute atomic E-state index is 12.8. The van der Waals surface area contributed by atoms with Crippen molar-refractivity contribution in [2.45, 2.75) is 110 Å². The Balaban J connectivity index is 1.35. The van der Waals surface area contributed by atoms with Crippen LogP contribution in [-0.4, -0.2) is 48.2 Å². The molecule has 0 unspecified atom stereocenters. The maximum Gasteiger partial charge on any atom is 0.328 e. The van der Waals surface area contributed by atoms with Crippen LogP contribution in [0.5, 0.6) is 0 Å². The second-order valence-corrected chi connectivity index (χ2v) is 14.2. The van der Waals surface area contributed by atoms with Gasteiger partial charge in [0, 0.05) is 6.42 Å². The minimum atomic E-state index is -0.536. The van der Waals surface area contributed by atoms with E-state index in [2.05, 4.69) is 26.1 Å². The number of methoxy groups -OCH3 is 1. The smallest absolute Gasteiger partial charge is 0.328 e. The summed E-state index contributed by atoms with van der Waals surface area (Å²) in [6.45, 7) is 7.51. The van der Waals surface area contributed by atoms with E-state index in [-0.39, 0.29) is 18.0 Å². The van der Waals surface area contributed by atoms with Crippen molar-refractivity contribution >= 4 is 23.6 Å². The number of amides is 1. The van der Waals surface area contributed by atoms with Crippen molar-refractivity contribution in [3.63, 3.8) is 0 Å². The number of hydrogen-bond donors (Lipinski definition) is 2. The topological polar surface area (TPSA) is 75.6 Å². The Morgan fingerprint density at radius 3 is 2.47 bits per heavy atom. The van der Waals surface area contributed by atoms with Crippen LogP contribution in [0.3, 0.4) is 0 Å². The van der Waals surface area contributed by atoms with Gasteiger partial charge in [-0.05, 0) is 129 Å². The summed E-state index contributed by atoms with van der Waals surface area (Å²) in [4.78, 5) is 24.8. The van der Waals surface area contributed by atoms with Gasteiger partial charge in [-0.1, -0.05) is 20.8 Å². The zero-order chi connectivity index (χ0) is 26.1. The van der Waals surface area contributed by atoms with Crippen molar-refractivity contribution < 1.29 is 19.4 Å². The van der Waals surface area contributed by atoms with Gasteiger partial charge in [0.05, 0.1) is 13.2 Å². The second kappa shape index (κ2) is 11.6. The van der Waals surface area contributed by atoms with E-state index in [1.165, 1.54) is 52.1 Å². The highest BCUT2D eigenvalue weighted by Gasteiger charge is 2.60. The average molecular weight is 522 g/mol. The molecule has 0 bridgehead atoms. The summed E-state index contributed by atoms with van der Waals surface area (Å²) in [5, 5.41) is 13.2. The summed E-state index contributed by atoms with van der Waals surface area (Å²) in [6.07, 6.45) is 15.1. The molecule has 1 amide bonds. The van der Waals surface area contributed by atoms with Gasteiger partial charge in [-0.3, -0.25) is 4.79 Å². The number of ether oxygens (including phenoxy) is 1. The van der Waals surface area contributed by atoms with E-state index < -0.39 is 6.04 Å². The van der Waals surface area contributed by atoms with Crippen LogP contribution in [0.4, 0.5) is 0 Å². The van der Waals surface area contributed by atoms with E-state index in [1.54, 1.807) is 11.8 Å². The highest BCUT2D eigenvalue weighted by atomic mass is 32.2. The van der Waals surface area contributed by atoms with Crippen molar-refractivity contribution in [2.75, 3.05) is 19.1 Å². The summed E-state index contributed by atoms with van der Waals surface area (Å²) in [7, 11) is 1.39. The predicted molar refractivity (Wildman–Crippen MR) is 147 cm³/mol. The summed E-state index contributed by atoms with van der Waals surface area (Å²) < 4.78 is 4.90. The Kier molecular flexibility index (Phi) is 9.07. The van der Waals surface area contributed by atoms with Gasteiger partial charge in [-0.2, -0.15) is 11.8 Å². The van der Waals surface area contributed by atoms with Gasteiger partial charge in [0.25, 0.3) is 0 Å². The van der Waals surface area contributed by atoms with Gasteiger partial charge in [0.2, 0.25) is 5.91 Å². The molecule has 206 valence electrons. The summed E-state index contributed by atoms with van der Waals surface area (Å²) in [5.41, 5.74) is 0.819. The second-order valence-electron chi connectivity index (χ2n) is 13.3. The van der Waals surface area contributed by atoms with Crippen molar-refractivity contribution in [1.82, 2.24) is 5.32 Å². The van der Waals surface area contributed by atoms with E-state index in [0.717, 1.165) is 42.8 Å². The van der Waals surface area contributed by atoms with Crippen LogP contribution in [-0.2, 0) is 14.3 Å². The minimum Gasteiger partial charge on any atom is -0.467 e. The first-order chi connectivity index (χ1) is 17.1. The number of esters is 1. The lowest BCUT2D eigenvalue weighted by molar-refractivity contribution is -0.145. The van der Waals surface area contributed by atoms with Crippen LogP contribution in [0.1, 0.15) is 97.8 Å². The Bertz CT molecular complexity index is 791. The third-order valence-corrected chi connectivity index (χ3v) is 12.3. The van der Waals surface area contributed by atoms with Crippen LogP contribution in [0.2, 0.25) is 0 Å². The molecule has 4 saturated carbocycles. The van der Waals surface area contributed by atoms with E-state index in [1.807, 2.05) is 6.26 Å². The van der Waals surface area contributed by atoms with Crippen LogP contribution in [0.15, 0.2) is 0 Å². The molecule has 0 spiro atoms. The van der Waals surface area contributed by atoms with Gasteiger partial charge >= 0.3 is 5.97 Å². The number of aliphatic hydroxyl groups excluding tert-OH is 1. The van der Waals surface area contributed by atoms with Crippen molar-refractivity contribution in [1.29, 1.82) is 0 Å². The Labute approximate surface area is 223 Å². The molecule has 0 heterocycles. The molecule has 4 fully saturated rings. The highest BCUT2D eigenvalue weighted by molar-refractivity contribution is 7.98. The number of rotatable bonds is 9. The van der Waals surface area contributed by atoms with Crippen molar-refractivity contribution in [3.05, 3.63) is 0 Å². The minimum absolute atomic E-state index is 0.0208. The first-order valence-corrected chi connectivity index (χ1v) is 16.1. The molecule has 2 N–H and O–H groups in total. The number of fused-ring (bicyclic) bond motifs is 5. The Morgan fingerprint density at radius 2 is 1.75 bits per heavy atom. The number of carbonyl (C=O) groups excluding carboxylic acids is 2. The highest BCUT2D eigenvalue weighted by Crippen LogP contribution is 2.68. The molecule has 36 heavy (non-hydrogen) atoms. The molecule has 10 atom stereocenters.